The molecule has 7 heteroatoms. The van der Waals surface area contributed by atoms with Crippen LogP contribution in [-0.2, 0) is 6.61 Å². The molecule has 0 unspecified atom stereocenters. The van der Waals surface area contributed by atoms with E-state index in [-0.39, 0.29) is 18.1 Å². The second-order valence-electron chi connectivity index (χ2n) is 8.74. The normalized spacial score (nSPS) is 11.1. The van der Waals surface area contributed by atoms with Crippen molar-refractivity contribution in [1.82, 2.24) is 24.5 Å². The molecule has 3 aromatic heterocycles. The van der Waals surface area contributed by atoms with E-state index in [0.717, 1.165) is 39.7 Å². The smallest absolute Gasteiger partial charge is 0.264 e. The van der Waals surface area contributed by atoms with Crippen molar-refractivity contribution in [2.75, 3.05) is 0 Å². The van der Waals surface area contributed by atoms with Gasteiger partial charge in [-0.1, -0.05) is 32.0 Å². The molecule has 0 atom stereocenters. The summed E-state index contributed by atoms with van der Waals surface area (Å²) in [4.78, 5) is 31.5. The number of ether oxygens (including phenoxy) is 1. The van der Waals surface area contributed by atoms with Gasteiger partial charge >= 0.3 is 0 Å². The number of hydrogen-bond donors (Lipinski definition) is 0. The lowest BCUT2D eigenvalue weighted by atomic mass is 10.1. The van der Waals surface area contributed by atoms with Gasteiger partial charge in [0.1, 0.15) is 18.3 Å². The van der Waals surface area contributed by atoms with Gasteiger partial charge in [0.05, 0.1) is 22.6 Å². The molecule has 0 spiro atoms. The van der Waals surface area contributed by atoms with E-state index in [1.807, 2.05) is 63.2 Å². The fourth-order valence-corrected chi connectivity index (χ4v) is 3.76. The molecule has 7 nitrogen and oxygen atoms in total. The zero-order chi connectivity index (χ0) is 24.4. The summed E-state index contributed by atoms with van der Waals surface area (Å²) >= 11 is 0. The number of rotatable bonds is 6. The molecule has 0 fully saturated rings. The van der Waals surface area contributed by atoms with Crippen LogP contribution in [0.25, 0.3) is 16.9 Å². The molecule has 0 aliphatic carbocycles. The molecule has 0 amide bonds. The van der Waals surface area contributed by atoms with Crippen LogP contribution in [0, 0.1) is 27.7 Å². The summed E-state index contributed by atoms with van der Waals surface area (Å²) in [7, 11) is 0. The van der Waals surface area contributed by atoms with E-state index in [9.17, 15) is 4.79 Å². The third-order valence-electron chi connectivity index (χ3n) is 5.67. The Morgan fingerprint density at radius 2 is 1.76 bits per heavy atom. The highest BCUT2D eigenvalue weighted by atomic mass is 16.5. The Morgan fingerprint density at radius 1 is 0.971 bits per heavy atom. The van der Waals surface area contributed by atoms with Crippen LogP contribution in [0.1, 0.15) is 53.9 Å². The van der Waals surface area contributed by atoms with E-state index in [1.54, 1.807) is 17.7 Å². The predicted molar refractivity (Wildman–Crippen MR) is 132 cm³/mol. The van der Waals surface area contributed by atoms with Crippen molar-refractivity contribution in [3.05, 3.63) is 93.2 Å². The van der Waals surface area contributed by atoms with Crippen molar-refractivity contribution >= 4 is 0 Å². The summed E-state index contributed by atoms with van der Waals surface area (Å²) in [6.07, 6.45) is 1.77. The minimum atomic E-state index is -0.162. The average molecular weight is 456 g/mol. The summed E-state index contributed by atoms with van der Waals surface area (Å²) < 4.78 is 7.52. The maximum Gasteiger partial charge on any atom is 0.264 e. The van der Waals surface area contributed by atoms with Gasteiger partial charge in [0.15, 0.2) is 0 Å². The van der Waals surface area contributed by atoms with Gasteiger partial charge in [-0.3, -0.25) is 14.3 Å². The summed E-state index contributed by atoms with van der Waals surface area (Å²) in [6, 6.07) is 13.6. The summed E-state index contributed by atoms with van der Waals surface area (Å²) in [6.45, 7) is 11.8. The van der Waals surface area contributed by atoms with Gasteiger partial charge in [-0.15, -0.1) is 0 Å². The van der Waals surface area contributed by atoms with E-state index in [0.29, 0.717) is 17.3 Å². The Balaban J connectivity index is 1.72. The molecule has 174 valence electrons. The molecule has 0 aliphatic rings. The van der Waals surface area contributed by atoms with Gasteiger partial charge in [-0.25, -0.2) is 9.97 Å². The second-order valence-corrected chi connectivity index (χ2v) is 8.74. The van der Waals surface area contributed by atoms with Crippen molar-refractivity contribution < 1.29 is 4.74 Å². The molecule has 3 heterocycles. The monoisotopic (exact) mass is 455 g/mol. The second kappa shape index (κ2) is 9.55. The molecular weight excluding hydrogens is 426 g/mol. The van der Waals surface area contributed by atoms with Crippen molar-refractivity contribution in [3.63, 3.8) is 0 Å². The Morgan fingerprint density at radius 3 is 2.50 bits per heavy atom. The van der Waals surface area contributed by atoms with Crippen molar-refractivity contribution in [1.29, 1.82) is 0 Å². The zero-order valence-corrected chi connectivity index (χ0v) is 20.5. The lowest BCUT2D eigenvalue weighted by molar-refractivity contribution is 0.284. The van der Waals surface area contributed by atoms with Crippen LogP contribution in [0.2, 0.25) is 0 Å². The molecule has 1 aromatic carbocycles. The molecule has 0 saturated heterocycles. The molecule has 0 saturated carbocycles. The highest BCUT2D eigenvalue weighted by molar-refractivity contribution is 5.64. The molecule has 0 radical (unpaired) electrons. The predicted octanol–water partition coefficient (Wildman–Crippen LogP) is 5.02. The van der Waals surface area contributed by atoms with Gasteiger partial charge in [0.2, 0.25) is 5.88 Å². The van der Waals surface area contributed by atoms with Gasteiger partial charge in [-0.05, 0) is 57.5 Å². The van der Waals surface area contributed by atoms with Gasteiger partial charge in [-0.2, -0.15) is 4.98 Å². The highest BCUT2D eigenvalue weighted by Gasteiger charge is 2.17. The maximum atomic E-state index is 13.4. The highest BCUT2D eigenvalue weighted by Crippen LogP contribution is 2.25. The number of pyridine rings is 1. The quantitative estimate of drug-likeness (QED) is 0.406. The number of nitrogens with zero attached hydrogens (tertiary/aromatic N) is 5. The van der Waals surface area contributed by atoms with Gasteiger partial charge in [0.25, 0.3) is 5.56 Å². The largest absolute Gasteiger partial charge is 0.471 e. The number of aryl methyl sites for hydroxylation is 3. The van der Waals surface area contributed by atoms with E-state index in [2.05, 4.69) is 28.8 Å². The molecular formula is C27H29N5O2. The van der Waals surface area contributed by atoms with E-state index < -0.39 is 0 Å². The van der Waals surface area contributed by atoms with Crippen LogP contribution in [0.3, 0.4) is 0 Å². The fourth-order valence-electron chi connectivity index (χ4n) is 3.76. The zero-order valence-electron chi connectivity index (χ0n) is 20.5. The molecule has 0 N–H and O–H groups in total. The van der Waals surface area contributed by atoms with E-state index in [1.165, 1.54) is 0 Å². The lowest BCUT2D eigenvalue weighted by Crippen LogP contribution is -2.26. The summed E-state index contributed by atoms with van der Waals surface area (Å²) in [5.74, 6) is 1.89. The average Bonchev–Trinajstić information content (AvgIpc) is 2.82. The first kappa shape index (κ1) is 23.3. The molecule has 0 bridgehead atoms. The van der Waals surface area contributed by atoms with Crippen LogP contribution in [0.4, 0.5) is 0 Å². The molecule has 4 aromatic rings. The number of benzene rings is 1. The van der Waals surface area contributed by atoms with Crippen LogP contribution in [0.15, 0.2) is 53.5 Å². The van der Waals surface area contributed by atoms with Crippen molar-refractivity contribution in [2.45, 2.75) is 54.1 Å². The third-order valence-corrected chi connectivity index (χ3v) is 5.67. The first-order chi connectivity index (χ1) is 16.2. The minimum absolute atomic E-state index is 0.162. The third kappa shape index (κ3) is 4.73. The Hall–Kier alpha value is -3.87. The van der Waals surface area contributed by atoms with Gasteiger partial charge in [0, 0.05) is 23.4 Å². The van der Waals surface area contributed by atoms with Crippen molar-refractivity contribution in [3.8, 4) is 22.8 Å². The minimum Gasteiger partial charge on any atom is -0.471 e. The van der Waals surface area contributed by atoms with Gasteiger partial charge < -0.3 is 4.74 Å². The van der Waals surface area contributed by atoms with E-state index in [4.69, 9.17) is 9.72 Å². The summed E-state index contributed by atoms with van der Waals surface area (Å²) in [5.41, 5.74) is 5.46. The number of hydrogen-bond acceptors (Lipinski definition) is 6. The first-order valence-corrected chi connectivity index (χ1v) is 11.3. The number of aromatic nitrogens is 5. The SMILES string of the molecule is Cc1cccc(COc2nc(C)n(-c3cc(-c4ccnc(C(C)C)n4)ccc3C)c(=O)c2C)n1. The van der Waals surface area contributed by atoms with Crippen LogP contribution < -0.4 is 10.3 Å². The van der Waals surface area contributed by atoms with E-state index >= 15 is 0 Å². The first-order valence-electron chi connectivity index (χ1n) is 11.3. The Bertz CT molecular complexity index is 1410. The standard InChI is InChI=1S/C27H29N5O2/c1-16(2)25-28-13-12-23(31-25)21-11-10-17(3)24(14-21)32-20(6)30-26(19(5)27(32)33)34-15-22-9-7-8-18(4)29-22/h7-14,16H,15H2,1-6H3. The topological polar surface area (TPSA) is 82.8 Å². The fraction of sp³-hybridized carbons (Fsp3) is 0.296. The van der Waals surface area contributed by atoms with Crippen LogP contribution in [0.5, 0.6) is 5.88 Å². The lowest BCUT2D eigenvalue weighted by Gasteiger charge is -2.17. The van der Waals surface area contributed by atoms with Crippen molar-refractivity contribution in [2.24, 2.45) is 0 Å². The van der Waals surface area contributed by atoms with Crippen LogP contribution in [-0.4, -0.2) is 24.5 Å². The molecule has 4 rings (SSSR count). The van der Waals surface area contributed by atoms with Crippen LogP contribution >= 0.6 is 0 Å². The summed E-state index contributed by atoms with van der Waals surface area (Å²) in [5, 5.41) is 0. The molecule has 0 aliphatic heterocycles. The maximum absolute atomic E-state index is 13.4. The Kier molecular flexibility index (Phi) is 6.54. The molecule has 34 heavy (non-hydrogen) atoms. The Labute approximate surface area is 199 Å².